The van der Waals surface area contributed by atoms with Crippen molar-refractivity contribution >= 4 is 64.2 Å². The summed E-state index contributed by atoms with van der Waals surface area (Å²) in [5.74, 6) is 0.736. The van der Waals surface area contributed by atoms with Crippen LogP contribution in [0.2, 0.25) is 0 Å². The zero-order valence-electron chi connectivity index (χ0n) is 29.5. The fraction of sp³-hybridized carbons (Fsp3) is 0.0196. The van der Waals surface area contributed by atoms with Crippen LogP contribution in [0, 0.1) is 0 Å². The van der Waals surface area contributed by atoms with Crippen LogP contribution in [0.1, 0.15) is 22.3 Å². The van der Waals surface area contributed by atoms with E-state index in [4.69, 9.17) is 9.97 Å². The molecule has 1 spiro atoms. The quantitative estimate of drug-likeness (QED) is 0.182. The van der Waals surface area contributed by atoms with Crippen LogP contribution in [-0.4, -0.2) is 14.5 Å². The van der Waals surface area contributed by atoms with Crippen LogP contribution in [0.3, 0.4) is 0 Å². The molecule has 0 unspecified atom stereocenters. The Morgan fingerprint density at radius 2 is 1.11 bits per heavy atom. The largest absolute Gasteiger partial charge is 0.309 e. The van der Waals surface area contributed by atoms with Gasteiger partial charge in [-0.1, -0.05) is 133 Å². The highest BCUT2D eigenvalue weighted by atomic mass is 32.1. The second-order valence-corrected chi connectivity index (χ2v) is 15.9. The smallest absolute Gasteiger partial charge is 0.160 e. The third-order valence-electron chi connectivity index (χ3n) is 12.2. The first-order chi connectivity index (χ1) is 27.3. The van der Waals surface area contributed by atoms with E-state index in [2.05, 4.69) is 180 Å². The highest BCUT2D eigenvalue weighted by Crippen LogP contribution is 2.62. The Morgan fingerprint density at radius 3 is 1.91 bits per heavy atom. The lowest BCUT2D eigenvalue weighted by Gasteiger charge is -2.37. The zero-order valence-corrected chi connectivity index (χ0v) is 30.3. The SMILES string of the molecule is c1ccc(-c2nc(-c3ccc(-n4c5cccc6c5c5c7c(cccc7ccc54)C64c5ccccc5-c5ccccc54)cc3)nc3c2sc2ccccc23)cc1. The first-order valence-corrected chi connectivity index (χ1v) is 19.7. The Kier molecular flexibility index (Phi) is 5.71. The minimum atomic E-state index is -0.415. The van der Waals surface area contributed by atoms with Crippen LogP contribution in [0.4, 0.5) is 0 Å². The van der Waals surface area contributed by atoms with Gasteiger partial charge in [-0.2, -0.15) is 0 Å². The zero-order chi connectivity index (χ0) is 35.8. The van der Waals surface area contributed by atoms with E-state index in [-0.39, 0.29) is 0 Å². The molecular formula is C51H29N3S. The summed E-state index contributed by atoms with van der Waals surface area (Å²) in [6.07, 6.45) is 0. The molecule has 254 valence electrons. The summed E-state index contributed by atoms with van der Waals surface area (Å²) in [6, 6.07) is 64.5. The molecule has 0 bridgehead atoms. The number of hydrogen-bond acceptors (Lipinski definition) is 3. The van der Waals surface area contributed by atoms with Gasteiger partial charge in [0.25, 0.3) is 0 Å². The van der Waals surface area contributed by atoms with Gasteiger partial charge in [-0.15, -0.1) is 11.3 Å². The second kappa shape index (κ2) is 10.6. The van der Waals surface area contributed by atoms with Crippen molar-refractivity contribution in [1.29, 1.82) is 0 Å². The number of rotatable bonds is 3. The van der Waals surface area contributed by atoms with Crippen molar-refractivity contribution in [2.24, 2.45) is 0 Å². The highest BCUT2D eigenvalue weighted by molar-refractivity contribution is 7.26. The maximum Gasteiger partial charge on any atom is 0.160 e. The molecule has 0 amide bonds. The van der Waals surface area contributed by atoms with Gasteiger partial charge < -0.3 is 4.57 Å². The molecule has 0 saturated carbocycles. The Morgan fingerprint density at radius 1 is 0.455 bits per heavy atom. The van der Waals surface area contributed by atoms with E-state index in [1.54, 1.807) is 11.3 Å². The third-order valence-corrected chi connectivity index (χ3v) is 13.4. The molecule has 55 heavy (non-hydrogen) atoms. The number of aromatic nitrogens is 3. The summed E-state index contributed by atoms with van der Waals surface area (Å²) >= 11 is 1.77. The van der Waals surface area contributed by atoms with Gasteiger partial charge in [0.15, 0.2) is 5.82 Å². The van der Waals surface area contributed by atoms with Crippen molar-refractivity contribution in [3.8, 4) is 39.5 Å². The second-order valence-electron chi connectivity index (χ2n) is 14.8. The van der Waals surface area contributed by atoms with Crippen molar-refractivity contribution in [3.63, 3.8) is 0 Å². The number of nitrogens with zero attached hydrogens (tertiary/aromatic N) is 3. The van der Waals surface area contributed by atoms with E-state index in [0.717, 1.165) is 38.5 Å². The van der Waals surface area contributed by atoms with Gasteiger partial charge in [0.1, 0.15) is 0 Å². The van der Waals surface area contributed by atoms with Gasteiger partial charge in [0.05, 0.1) is 32.4 Å². The molecule has 2 aliphatic rings. The van der Waals surface area contributed by atoms with E-state index in [1.165, 1.54) is 76.0 Å². The average molecular weight is 716 g/mol. The number of benzene rings is 8. The summed E-state index contributed by atoms with van der Waals surface area (Å²) in [7, 11) is 0. The lowest BCUT2D eigenvalue weighted by atomic mass is 9.63. The molecule has 2 aliphatic carbocycles. The van der Waals surface area contributed by atoms with Gasteiger partial charge >= 0.3 is 0 Å². The standard InChI is InChI=1S/C51H29N3S/c1-2-12-31(13-3-1)47-49-48(36-17-6-9-23-43(36)55-49)53-50(52-47)32-24-27-33(28-25-32)54-41-22-11-21-40-45(41)46-42(54)29-26-30-14-10-20-39(44(30)46)51(40)37-18-7-4-15-34(37)35-16-5-8-19-38(35)51/h1-29H. The topological polar surface area (TPSA) is 30.7 Å². The van der Waals surface area contributed by atoms with Crippen molar-refractivity contribution in [2.75, 3.05) is 0 Å². The fourth-order valence-corrected chi connectivity index (χ4v) is 11.2. The Hall–Kier alpha value is -6.88. The fourth-order valence-electron chi connectivity index (χ4n) is 10.1. The molecule has 3 nitrogen and oxygen atoms in total. The highest BCUT2D eigenvalue weighted by Gasteiger charge is 2.49. The van der Waals surface area contributed by atoms with E-state index < -0.39 is 5.41 Å². The predicted molar refractivity (Wildman–Crippen MR) is 228 cm³/mol. The van der Waals surface area contributed by atoms with Crippen LogP contribution < -0.4 is 0 Å². The summed E-state index contributed by atoms with van der Waals surface area (Å²) < 4.78 is 4.81. The normalized spacial score (nSPS) is 13.6. The van der Waals surface area contributed by atoms with E-state index >= 15 is 0 Å². The Labute approximate surface area is 320 Å². The van der Waals surface area contributed by atoms with E-state index in [0.29, 0.717) is 0 Å². The number of thiophene rings is 1. The lowest BCUT2D eigenvalue weighted by Crippen LogP contribution is -2.30. The van der Waals surface area contributed by atoms with E-state index in [9.17, 15) is 0 Å². The maximum absolute atomic E-state index is 5.25. The maximum atomic E-state index is 5.25. The van der Waals surface area contributed by atoms with Gasteiger partial charge in [-0.3, -0.25) is 0 Å². The third kappa shape index (κ3) is 3.70. The molecule has 0 N–H and O–H groups in total. The number of fused-ring (bicyclic) bond motifs is 10. The van der Waals surface area contributed by atoms with Crippen LogP contribution in [0.25, 0.3) is 92.3 Å². The average Bonchev–Trinajstić information content (AvgIpc) is 3.90. The molecule has 0 atom stereocenters. The minimum Gasteiger partial charge on any atom is -0.309 e. The molecule has 0 radical (unpaired) electrons. The molecule has 11 aromatic rings. The Bertz CT molecular complexity index is 3380. The summed E-state index contributed by atoms with van der Waals surface area (Å²) in [4.78, 5) is 10.5. The summed E-state index contributed by atoms with van der Waals surface area (Å²) in [5.41, 5.74) is 15.3. The molecular weight excluding hydrogens is 687 g/mol. The van der Waals surface area contributed by atoms with Crippen LogP contribution in [0.15, 0.2) is 176 Å². The van der Waals surface area contributed by atoms with Gasteiger partial charge in [-0.25, -0.2) is 9.97 Å². The predicted octanol–water partition coefficient (Wildman–Crippen LogP) is 13.1. The molecule has 0 saturated heterocycles. The molecule has 4 heteroatoms. The molecule has 0 aliphatic heterocycles. The Balaban J connectivity index is 1.05. The van der Waals surface area contributed by atoms with Crippen LogP contribution in [0.5, 0.6) is 0 Å². The first-order valence-electron chi connectivity index (χ1n) is 18.8. The van der Waals surface area contributed by atoms with Gasteiger partial charge in [0, 0.05) is 37.7 Å². The molecule has 8 aromatic carbocycles. The van der Waals surface area contributed by atoms with Crippen molar-refractivity contribution in [3.05, 3.63) is 198 Å². The van der Waals surface area contributed by atoms with Gasteiger partial charge in [0.2, 0.25) is 0 Å². The monoisotopic (exact) mass is 715 g/mol. The lowest BCUT2D eigenvalue weighted by molar-refractivity contribution is 0.783. The van der Waals surface area contributed by atoms with Crippen molar-refractivity contribution in [1.82, 2.24) is 14.5 Å². The van der Waals surface area contributed by atoms with Crippen LogP contribution >= 0.6 is 11.3 Å². The molecule has 3 heterocycles. The van der Waals surface area contributed by atoms with Crippen molar-refractivity contribution < 1.29 is 0 Å². The number of hydrogen-bond donors (Lipinski definition) is 0. The van der Waals surface area contributed by atoms with Gasteiger partial charge in [-0.05, 0) is 86.6 Å². The summed E-state index contributed by atoms with van der Waals surface area (Å²) in [6.45, 7) is 0. The minimum absolute atomic E-state index is 0.415. The van der Waals surface area contributed by atoms with Crippen LogP contribution in [-0.2, 0) is 5.41 Å². The van der Waals surface area contributed by atoms with E-state index in [1.807, 2.05) is 0 Å². The molecule has 3 aromatic heterocycles. The molecule has 13 rings (SSSR count). The van der Waals surface area contributed by atoms with Crippen molar-refractivity contribution in [2.45, 2.75) is 5.41 Å². The molecule has 0 fully saturated rings. The first kappa shape index (κ1) is 29.6. The summed E-state index contributed by atoms with van der Waals surface area (Å²) in [5, 5.41) is 6.47.